The van der Waals surface area contributed by atoms with E-state index < -0.39 is 0 Å². The summed E-state index contributed by atoms with van der Waals surface area (Å²) in [4.78, 5) is 12.2. The Hall–Kier alpha value is -1.62. The van der Waals surface area contributed by atoms with Crippen LogP contribution in [-0.2, 0) is 24.2 Å². The molecule has 0 saturated carbocycles. The molecule has 0 spiro atoms. The molecule has 110 valence electrons. The summed E-state index contributed by atoms with van der Waals surface area (Å²) in [6.45, 7) is 4.11. The maximum absolute atomic E-state index is 12.2. The fourth-order valence-corrected chi connectivity index (χ4v) is 3.10. The van der Waals surface area contributed by atoms with Crippen LogP contribution in [-0.4, -0.2) is 15.7 Å². The van der Waals surface area contributed by atoms with E-state index in [1.54, 1.807) is 4.68 Å². The molecule has 1 N–H and O–H groups in total. The van der Waals surface area contributed by atoms with E-state index in [2.05, 4.69) is 38.5 Å². The summed E-state index contributed by atoms with van der Waals surface area (Å²) in [5, 5.41) is 7.32. The number of carbonyl (C=O) groups is 1. The van der Waals surface area contributed by atoms with Gasteiger partial charge in [0, 0.05) is 5.69 Å². The fourth-order valence-electron chi connectivity index (χ4n) is 2.82. The average Bonchev–Trinajstić information content (AvgIpc) is 3.00. The van der Waals surface area contributed by atoms with Crippen molar-refractivity contribution in [2.45, 2.75) is 39.7 Å². The molecule has 2 aromatic rings. The van der Waals surface area contributed by atoms with E-state index >= 15 is 0 Å². The van der Waals surface area contributed by atoms with Crippen LogP contribution in [0.25, 0.3) is 0 Å². The zero-order chi connectivity index (χ0) is 15.0. The molecule has 21 heavy (non-hydrogen) atoms. The van der Waals surface area contributed by atoms with Gasteiger partial charge in [0.1, 0.15) is 6.54 Å². The summed E-state index contributed by atoms with van der Waals surface area (Å²) in [5.74, 6) is -0.0500. The van der Waals surface area contributed by atoms with Crippen LogP contribution in [0, 0.1) is 13.8 Å². The van der Waals surface area contributed by atoms with Gasteiger partial charge in [-0.15, -0.1) is 0 Å². The van der Waals surface area contributed by atoms with Crippen LogP contribution in [0.5, 0.6) is 0 Å². The van der Waals surface area contributed by atoms with Crippen LogP contribution < -0.4 is 5.32 Å². The predicted molar refractivity (Wildman–Crippen MR) is 86.5 cm³/mol. The van der Waals surface area contributed by atoms with E-state index in [0.717, 1.165) is 34.4 Å². The average molecular weight is 348 g/mol. The Balaban J connectivity index is 1.70. The van der Waals surface area contributed by atoms with Crippen molar-refractivity contribution in [2.75, 3.05) is 5.32 Å². The second-order valence-electron chi connectivity index (χ2n) is 5.53. The Kier molecular flexibility index (Phi) is 3.85. The molecular formula is C16H18BrN3O. The number of rotatable bonds is 3. The van der Waals surface area contributed by atoms with Crippen LogP contribution in [0.2, 0.25) is 0 Å². The van der Waals surface area contributed by atoms with Crippen LogP contribution in [0.3, 0.4) is 0 Å². The number of carbonyl (C=O) groups excluding carboxylic acids is 1. The zero-order valence-corrected chi connectivity index (χ0v) is 13.8. The lowest BCUT2D eigenvalue weighted by Gasteiger charge is -2.08. The standard InChI is InChI=1S/C16H18BrN3O/c1-10-16(17)11(2)20(19-10)9-15(21)18-14-7-6-12-4-3-5-13(12)8-14/h6-8H,3-5,9H2,1-2H3,(H,18,21). The molecule has 1 aromatic heterocycles. The van der Waals surface area contributed by atoms with Crippen LogP contribution in [0.4, 0.5) is 5.69 Å². The smallest absolute Gasteiger partial charge is 0.246 e. The van der Waals surface area contributed by atoms with Crippen LogP contribution >= 0.6 is 15.9 Å². The Labute approximate surface area is 132 Å². The monoisotopic (exact) mass is 347 g/mol. The predicted octanol–water partition coefficient (Wildman–Crippen LogP) is 3.39. The number of amides is 1. The molecule has 0 atom stereocenters. The second-order valence-corrected chi connectivity index (χ2v) is 6.32. The van der Waals surface area contributed by atoms with Crippen molar-refractivity contribution >= 4 is 27.5 Å². The summed E-state index contributed by atoms with van der Waals surface area (Å²) in [6, 6.07) is 6.20. The maximum atomic E-state index is 12.2. The van der Waals surface area contributed by atoms with E-state index in [1.807, 2.05) is 19.9 Å². The highest BCUT2D eigenvalue weighted by Crippen LogP contribution is 2.25. The molecule has 1 aromatic carbocycles. The number of fused-ring (bicyclic) bond motifs is 1. The normalized spacial score (nSPS) is 13.3. The van der Waals surface area contributed by atoms with E-state index in [1.165, 1.54) is 17.5 Å². The van der Waals surface area contributed by atoms with Gasteiger partial charge in [-0.25, -0.2) is 0 Å². The third-order valence-corrected chi connectivity index (χ3v) is 5.12. The summed E-state index contributed by atoms with van der Waals surface area (Å²) in [7, 11) is 0. The van der Waals surface area contributed by atoms with Gasteiger partial charge in [-0.3, -0.25) is 9.48 Å². The number of aromatic nitrogens is 2. The van der Waals surface area contributed by atoms with Gasteiger partial charge in [-0.1, -0.05) is 6.07 Å². The van der Waals surface area contributed by atoms with E-state index in [4.69, 9.17) is 0 Å². The van der Waals surface area contributed by atoms with Gasteiger partial charge >= 0.3 is 0 Å². The SMILES string of the molecule is Cc1nn(CC(=O)Nc2ccc3c(c2)CCC3)c(C)c1Br. The first-order valence-electron chi connectivity index (χ1n) is 7.16. The lowest BCUT2D eigenvalue weighted by atomic mass is 10.1. The minimum atomic E-state index is -0.0500. The molecule has 0 radical (unpaired) electrons. The second kappa shape index (κ2) is 5.64. The number of hydrogen-bond acceptors (Lipinski definition) is 2. The molecule has 1 aliphatic rings. The Bertz CT molecular complexity index is 706. The number of benzene rings is 1. The highest BCUT2D eigenvalue weighted by Gasteiger charge is 2.14. The minimum absolute atomic E-state index is 0.0500. The Morgan fingerprint density at radius 1 is 1.33 bits per heavy atom. The minimum Gasteiger partial charge on any atom is -0.324 e. The first kappa shape index (κ1) is 14.3. The summed E-state index contributed by atoms with van der Waals surface area (Å²) < 4.78 is 2.69. The van der Waals surface area contributed by atoms with Crippen molar-refractivity contribution in [1.29, 1.82) is 0 Å². The molecule has 4 nitrogen and oxygen atoms in total. The lowest BCUT2D eigenvalue weighted by molar-refractivity contribution is -0.116. The topological polar surface area (TPSA) is 46.9 Å². The highest BCUT2D eigenvalue weighted by molar-refractivity contribution is 9.10. The molecular weight excluding hydrogens is 330 g/mol. The molecule has 1 amide bonds. The fraction of sp³-hybridized carbons (Fsp3) is 0.375. The van der Waals surface area contributed by atoms with E-state index in [-0.39, 0.29) is 12.5 Å². The van der Waals surface area contributed by atoms with Gasteiger partial charge in [0.05, 0.1) is 15.9 Å². The van der Waals surface area contributed by atoms with Crippen molar-refractivity contribution in [2.24, 2.45) is 0 Å². The number of halogens is 1. The van der Waals surface area contributed by atoms with Crippen LogP contribution in [0.1, 0.15) is 28.9 Å². The third-order valence-electron chi connectivity index (χ3n) is 3.97. The lowest BCUT2D eigenvalue weighted by Crippen LogP contribution is -2.20. The van der Waals surface area contributed by atoms with Crippen molar-refractivity contribution in [1.82, 2.24) is 9.78 Å². The van der Waals surface area contributed by atoms with Gasteiger partial charge in [0.2, 0.25) is 5.91 Å². The van der Waals surface area contributed by atoms with E-state index in [0.29, 0.717) is 0 Å². The quantitative estimate of drug-likeness (QED) is 0.924. The molecule has 5 heteroatoms. The molecule has 3 rings (SSSR count). The Morgan fingerprint density at radius 2 is 2.10 bits per heavy atom. The van der Waals surface area contributed by atoms with Crippen molar-refractivity contribution in [3.05, 3.63) is 45.2 Å². The molecule has 1 heterocycles. The van der Waals surface area contributed by atoms with Crippen molar-refractivity contribution in [3.63, 3.8) is 0 Å². The highest BCUT2D eigenvalue weighted by atomic mass is 79.9. The van der Waals surface area contributed by atoms with Crippen LogP contribution in [0.15, 0.2) is 22.7 Å². The third kappa shape index (κ3) is 2.88. The summed E-state index contributed by atoms with van der Waals surface area (Å²) >= 11 is 3.48. The molecule has 0 aliphatic heterocycles. The molecule has 1 aliphatic carbocycles. The van der Waals surface area contributed by atoms with Gasteiger partial charge in [0.15, 0.2) is 0 Å². The molecule has 0 fully saturated rings. The Morgan fingerprint density at radius 3 is 2.81 bits per heavy atom. The van der Waals surface area contributed by atoms with Crippen molar-refractivity contribution in [3.8, 4) is 0 Å². The summed E-state index contributed by atoms with van der Waals surface area (Å²) in [5.41, 5.74) is 5.52. The van der Waals surface area contributed by atoms with E-state index in [9.17, 15) is 4.79 Å². The number of anilines is 1. The van der Waals surface area contributed by atoms with Gasteiger partial charge in [-0.2, -0.15) is 5.10 Å². The van der Waals surface area contributed by atoms with Gasteiger partial charge in [-0.05, 0) is 72.3 Å². The molecule has 0 unspecified atom stereocenters. The first-order chi connectivity index (χ1) is 10.0. The number of aryl methyl sites for hydroxylation is 3. The summed E-state index contributed by atoms with van der Waals surface area (Å²) in [6.07, 6.45) is 3.49. The van der Waals surface area contributed by atoms with Gasteiger partial charge < -0.3 is 5.32 Å². The zero-order valence-electron chi connectivity index (χ0n) is 12.2. The number of nitrogens with one attached hydrogen (secondary N) is 1. The largest absolute Gasteiger partial charge is 0.324 e. The molecule has 0 bridgehead atoms. The van der Waals surface area contributed by atoms with Crippen molar-refractivity contribution < 1.29 is 4.79 Å². The first-order valence-corrected chi connectivity index (χ1v) is 7.95. The maximum Gasteiger partial charge on any atom is 0.246 e. The number of hydrogen-bond donors (Lipinski definition) is 1. The van der Waals surface area contributed by atoms with Gasteiger partial charge in [0.25, 0.3) is 0 Å². The molecule has 0 saturated heterocycles. The number of nitrogens with zero attached hydrogens (tertiary/aromatic N) is 2.